The van der Waals surface area contributed by atoms with Crippen molar-refractivity contribution in [3.05, 3.63) is 35.9 Å². The lowest BCUT2D eigenvalue weighted by atomic mass is 10.0. The van der Waals surface area contributed by atoms with Crippen LogP contribution in [0.2, 0.25) is 18.1 Å². The van der Waals surface area contributed by atoms with E-state index in [0.29, 0.717) is 0 Å². The maximum absolute atomic E-state index is 12.6. The van der Waals surface area contributed by atoms with Gasteiger partial charge in [0.1, 0.15) is 12.6 Å². The van der Waals surface area contributed by atoms with Crippen LogP contribution >= 0.6 is 0 Å². The van der Waals surface area contributed by atoms with Gasteiger partial charge in [-0.15, -0.1) is 0 Å². The molecule has 0 saturated carbocycles. The van der Waals surface area contributed by atoms with Crippen molar-refractivity contribution in [3.63, 3.8) is 0 Å². The summed E-state index contributed by atoms with van der Waals surface area (Å²) in [6.45, 7) is 12.9. The molecular weight excluding hydrogens is 362 g/mol. The van der Waals surface area contributed by atoms with E-state index in [9.17, 15) is 14.7 Å². The molecule has 0 radical (unpaired) electrons. The number of aliphatic carboxylic acids is 1. The number of amides is 1. The molecule has 1 saturated heterocycles. The van der Waals surface area contributed by atoms with Gasteiger partial charge in [-0.1, -0.05) is 58.0 Å². The van der Waals surface area contributed by atoms with E-state index in [1.807, 2.05) is 37.3 Å². The fourth-order valence-corrected chi connectivity index (χ4v) is 4.41. The molecular formula is C20H31NO5Si. The third kappa shape index (κ3) is 4.90. The lowest BCUT2D eigenvalue weighted by molar-refractivity contribution is -0.143. The molecule has 0 bridgehead atoms. The number of rotatable bonds is 5. The van der Waals surface area contributed by atoms with E-state index in [1.165, 1.54) is 4.90 Å². The number of benzene rings is 1. The number of carbonyl (C=O) groups is 2. The molecule has 6 nitrogen and oxygen atoms in total. The molecule has 1 aliphatic rings. The zero-order valence-electron chi connectivity index (χ0n) is 17.1. The fraction of sp³-hybridized carbons (Fsp3) is 0.600. The number of nitrogens with zero attached hydrogens (tertiary/aromatic N) is 1. The molecule has 1 aromatic carbocycles. The van der Waals surface area contributed by atoms with Gasteiger partial charge < -0.3 is 14.3 Å². The van der Waals surface area contributed by atoms with Gasteiger partial charge in [-0.3, -0.25) is 4.90 Å². The standard InChI is InChI=1S/C20H31NO5Si/c1-14-16(26-27(5,6)20(2,3)4)12-21(17(14)18(22)23)19(24)25-13-15-10-8-7-9-11-15/h7-11,14,16-17H,12-13H2,1-6H3,(H,22,23)/t14-,16-,17-/m0/s1. The van der Waals surface area contributed by atoms with E-state index in [4.69, 9.17) is 9.16 Å². The van der Waals surface area contributed by atoms with Crippen LogP contribution < -0.4 is 0 Å². The Balaban J connectivity index is 2.11. The van der Waals surface area contributed by atoms with Gasteiger partial charge in [0.15, 0.2) is 8.32 Å². The number of carboxylic acid groups (broad SMARTS) is 1. The lowest BCUT2D eigenvalue weighted by Gasteiger charge is -2.39. The molecule has 1 aliphatic heterocycles. The molecule has 3 atom stereocenters. The smallest absolute Gasteiger partial charge is 0.410 e. The summed E-state index contributed by atoms with van der Waals surface area (Å²) in [6.07, 6.45) is -0.921. The van der Waals surface area contributed by atoms with E-state index >= 15 is 0 Å². The first-order valence-electron chi connectivity index (χ1n) is 9.32. The highest BCUT2D eigenvalue weighted by Gasteiger charge is 2.50. The molecule has 0 spiro atoms. The van der Waals surface area contributed by atoms with Crippen LogP contribution in [0, 0.1) is 5.92 Å². The minimum Gasteiger partial charge on any atom is -0.480 e. The SMILES string of the molecule is C[C@H]1[C@@H](O[Si](C)(C)C(C)(C)C)CN(C(=O)OCc2ccccc2)[C@@H]1C(=O)O. The Bertz CT molecular complexity index is 671. The number of hydrogen-bond acceptors (Lipinski definition) is 4. The van der Waals surface area contributed by atoms with Gasteiger partial charge >= 0.3 is 12.1 Å². The molecule has 1 aromatic rings. The van der Waals surface area contributed by atoms with E-state index < -0.39 is 26.4 Å². The maximum atomic E-state index is 12.6. The van der Waals surface area contributed by atoms with E-state index in [1.54, 1.807) is 0 Å². The summed E-state index contributed by atoms with van der Waals surface area (Å²) in [7, 11) is -2.08. The minimum absolute atomic E-state index is 0.00663. The molecule has 0 aromatic heterocycles. The van der Waals surface area contributed by atoms with Gasteiger partial charge in [0.05, 0.1) is 12.6 Å². The molecule has 1 heterocycles. The van der Waals surface area contributed by atoms with Crippen LogP contribution in [0.1, 0.15) is 33.3 Å². The Morgan fingerprint density at radius 2 is 1.81 bits per heavy atom. The zero-order chi connectivity index (χ0) is 20.4. The highest BCUT2D eigenvalue weighted by molar-refractivity contribution is 6.74. The van der Waals surface area contributed by atoms with Crippen LogP contribution in [0.15, 0.2) is 30.3 Å². The van der Waals surface area contributed by atoms with Gasteiger partial charge in [0, 0.05) is 5.92 Å². The van der Waals surface area contributed by atoms with Gasteiger partial charge in [-0.05, 0) is 23.7 Å². The third-order valence-electron chi connectivity index (χ3n) is 5.74. The summed E-state index contributed by atoms with van der Waals surface area (Å²) in [6, 6.07) is 8.39. The van der Waals surface area contributed by atoms with Crippen LogP contribution in [-0.2, 0) is 20.6 Å². The monoisotopic (exact) mass is 393 g/mol. The van der Waals surface area contributed by atoms with E-state index in [-0.39, 0.29) is 30.2 Å². The number of carbonyl (C=O) groups excluding carboxylic acids is 1. The Labute approximate surface area is 162 Å². The Morgan fingerprint density at radius 3 is 2.33 bits per heavy atom. The second-order valence-corrected chi connectivity index (χ2v) is 13.5. The average Bonchev–Trinajstić information content (AvgIpc) is 2.89. The number of ether oxygens (including phenoxy) is 1. The van der Waals surface area contributed by atoms with Gasteiger partial charge in [-0.2, -0.15) is 0 Å². The molecule has 1 amide bonds. The number of likely N-dealkylation sites (tertiary alicyclic amines) is 1. The Morgan fingerprint density at radius 1 is 1.22 bits per heavy atom. The molecule has 7 heteroatoms. The highest BCUT2D eigenvalue weighted by atomic mass is 28.4. The molecule has 27 heavy (non-hydrogen) atoms. The van der Waals surface area contributed by atoms with E-state index in [2.05, 4.69) is 33.9 Å². The average molecular weight is 394 g/mol. The second kappa shape index (κ2) is 8.02. The molecule has 150 valence electrons. The minimum atomic E-state index is -2.08. The first-order valence-corrected chi connectivity index (χ1v) is 12.2. The van der Waals surface area contributed by atoms with Crippen LogP contribution in [-0.4, -0.2) is 49.1 Å². The first kappa shape index (κ1) is 21.4. The summed E-state index contributed by atoms with van der Waals surface area (Å²) in [5.41, 5.74) is 0.860. The van der Waals surface area contributed by atoms with Crippen LogP contribution in [0.3, 0.4) is 0 Å². The number of carboxylic acids is 1. The second-order valence-electron chi connectivity index (χ2n) is 8.75. The lowest BCUT2D eigenvalue weighted by Crippen LogP contribution is -2.46. The van der Waals surface area contributed by atoms with Crippen LogP contribution in [0.4, 0.5) is 4.79 Å². The summed E-state index contributed by atoms with van der Waals surface area (Å²) in [5, 5.41) is 9.68. The quantitative estimate of drug-likeness (QED) is 0.762. The molecule has 0 unspecified atom stereocenters. The summed E-state index contributed by atoms with van der Waals surface area (Å²) in [5.74, 6) is -1.33. The van der Waals surface area contributed by atoms with Crippen molar-refractivity contribution in [1.82, 2.24) is 4.90 Å². The van der Waals surface area contributed by atoms with Crippen molar-refractivity contribution in [3.8, 4) is 0 Å². The summed E-state index contributed by atoms with van der Waals surface area (Å²) in [4.78, 5) is 25.7. The first-order chi connectivity index (χ1) is 12.4. The van der Waals surface area contributed by atoms with Crippen LogP contribution in [0.5, 0.6) is 0 Å². The molecule has 1 fully saturated rings. The topological polar surface area (TPSA) is 76.1 Å². The van der Waals surface area contributed by atoms with Crippen molar-refractivity contribution >= 4 is 20.4 Å². The van der Waals surface area contributed by atoms with Crippen molar-refractivity contribution in [1.29, 1.82) is 0 Å². The predicted molar refractivity (Wildman–Crippen MR) is 106 cm³/mol. The van der Waals surface area contributed by atoms with Gasteiger partial charge in [0.2, 0.25) is 0 Å². The van der Waals surface area contributed by atoms with Crippen molar-refractivity contribution in [2.24, 2.45) is 5.92 Å². The highest BCUT2D eigenvalue weighted by Crippen LogP contribution is 2.40. The van der Waals surface area contributed by atoms with Crippen molar-refractivity contribution in [2.75, 3.05) is 6.54 Å². The fourth-order valence-electron chi connectivity index (χ4n) is 3.01. The van der Waals surface area contributed by atoms with E-state index in [0.717, 1.165) is 5.56 Å². The Kier molecular flexibility index (Phi) is 6.37. The summed E-state index contributed by atoms with van der Waals surface area (Å²) < 4.78 is 11.8. The zero-order valence-corrected chi connectivity index (χ0v) is 18.1. The molecule has 0 aliphatic carbocycles. The maximum Gasteiger partial charge on any atom is 0.410 e. The van der Waals surface area contributed by atoms with Gasteiger partial charge in [0.25, 0.3) is 0 Å². The molecule has 1 N–H and O–H groups in total. The van der Waals surface area contributed by atoms with Crippen LogP contribution in [0.25, 0.3) is 0 Å². The predicted octanol–water partition coefficient (Wildman–Crippen LogP) is 4.12. The van der Waals surface area contributed by atoms with Crippen molar-refractivity contribution < 1.29 is 23.9 Å². The third-order valence-corrected chi connectivity index (χ3v) is 10.2. The number of hydrogen-bond donors (Lipinski definition) is 1. The summed E-state index contributed by atoms with van der Waals surface area (Å²) >= 11 is 0. The van der Waals surface area contributed by atoms with Gasteiger partial charge in [-0.25, -0.2) is 9.59 Å². The Hall–Kier alpha value is -1.86. The van der Waals surface area contributed by atoms with Crippen molar-refractivity contribution in [2.45, 2.75) is 64.6 Å². The largest absolute Gasteiger partial charge is 0.480 e. The molecule has 2 rings (SSSR count). The normalized spacial score (nSPS) is 23.3.